The quantitative estimate of drug-likeness (QED) is 0.721. The van der Waals surface area contributed by atoms with E-state index in [2.05, 4.69) is 5.32 Å². The van der Waals surface area contributed by atoms with Crippen LogP contribution >= 0.6 is 11.6 Å². The molecule has 1 saturated carbocycles. The maximum Gasteiger partial charge on any atom is 0.234 e. The SMILES string of the molecule is O=C(CCl)NCC1CC2(CCOC2)C1. The number of hydrogen-bond acceptors (Lipinski definition) is 2. The highest BCUT2D eigenvalue weighted by Crippen LogP contribution is 2.50. The number of ether oxygens (including phenoxy) is 1. The van der Waals surface area contributed by atoms with Gasteiger partial charge in [0.2, 0.25) is 5.91 Å². The number of carbonyl (C=O) groups excluding carboxylic acids is 1. The molecule has 2 rings (SSSR count). The van der Waals surface area contributed by atoms with E-state index in [4.69, 9.17) is 16.3 Å². The van der Waals surface area contributed by atoms with Crippen LogP contribution in [0.2, 0.25) is 0 Å². The molecule has 14 heavy (non-hydrogen) atoms. The van der Waals surface area contributed by atoms with Gasteiger partial charge in [0.1, 0.15) is 5.88 Å². The van der Waals surface area contributed by atoms with Gasteiger partial charge in [-0.2, -0.15) is 0 Å². The van der Waals surface area contributed by atoms with Crippen molar-refractivity contribution < 1.29 is 9.53 Å². The number of amides is 1. The topological polar surface area (TPSA) is 38.3 Å². The van der Waals surface area contributed by atoms with Gasteiger partial charge in [0.25, 0.3) is 0 Å². The molecule has 3 nitrogen and oxygen atoms in total. The fourth-order valence-electron chi connectivity index (χ4n) is 2.59. The lowest BCUT2D eigenvalue weighted by Gasteiger charge is -2.44. The molecule has 1 N–H and O–H groups in total. The summed E-state index contributed by atoms with van der Waals surface area (Å²) in [7, 11) is 0. The molecule has 0 aromatic heterocycles. The van der Waals surface area contributed by atoms with Gasteiger partial charge in [0, 0.05) is 13.2 Å². The molecule has 1 heterocycles. The molecular formula is C10H16ClNO2. The summed E-state index contributed by atoms with van der Waals surface area (Å²) in [6.45, 7) is 2.63. The highest BCUT2D eigenvalue weighted by Gasteiger charge is 2.46. The first-order valence-electron chi connectivity index (χ1n) is 5.14. The molecule has 1 saturated heterocycles. The summed E-state index contributed by atoms with van der Waals surface area (Å²) in [4.78, 5) is 10.9. The Hall–Kier alpha value is -0.280. The predicted molar refractivity (Wildman–Crippen MR) is 54.3 cm³/mol. The van der Waals surface area contributed by atoms with E-state index in [1.54, 1.807) is 0 Å². The van der Waals surface area contributed by atoms with E-state index in [1.165, 1.54) is 19.3 Å². The van der Waals surface area contributed by atoms with Gasteiger partial charge in [-0.3, -0.25) is 4.79 Å². The number of rotatable bonds is 3. The molecule has 0 atom stereocenters. The van der Waals surface area contributed by atoms with Crippen LogP contribution in [-0.2, 0) is 9.53 Å². The molecule has 0 radical (unpaired) electrons. The lowest BCUT2D eigenvalue weighted by molar-refractivity contribution is -0.119. The normalized spacial score (nSPS) is 35.6. The Bertz CT molecular complexity index is 218. The Labute approximate surface area is 89.1 Å². The Morgan fingerprint density at radius 1 is 1.57 bits per heavy atom. The van der Waals surface area contributed by atoms with Gasteiger partial charge in [-0.05, 0) is 30.6 Å². The predicted octanol–water partition coefficient (Wildman–Crippen LogP) is 1.16. The summed E-state index contributed by atoms with van der Waals surface area (Å²) in [6.07, 6.45) is 3.61. The first kappa shape index (κ1) is 10.2. The third kappa shape index (κ3) is 2.04. The molecule has 1 amide bonds. The van der Waals surface area contributed by atoms with Crippen molar-refractivity contribution in [3.63, 3.8) is 0 Å². The van der Waals surface area contributed by atoms with E-state index >= 15 is 0 Å². The molecule has 4 heteroatoms. The van der Waals surface area contributed by atoms with Crippen molar-refractivity contribution in [2.75, 3.05) is 25.6 Å². The maximum absolute atomic E-state index is 10.9. The molecule has 1 spiro atoms. The minimum Gasteiger partial charge on any atom is -0.381 e. The van der Waals surface area contributed by atoms with Crippen molar-refractivity contribution in [3.8, 4) is 0 Å². The zero-order chi connectivity index (χ0) is 10.0. The van der Waals surface area contributed by atoms with Crippen LogP contribution in [0.4, 0.5) is 0 Å². The van der Waals surface area contributed by atoms with Crippen LogP contribution < -0.4 is 5.32 Å². The summed E-state index contributed by atoms with van der Waals surface area (Å²) in [5.41, 5.74) is 0.469. The number of halogens is 1. The van der Waals surface area contributed by atoms with Gasteiger partial charge in [0.15, 0.2) is 0 Å². The van der Waals surface area contributed by atoms with Gasteiger partial charge in [-0.15, -0.1) is 11.6 Å². The standard InChI is InChI=1S/C10H16ClNO2/c11-5-9(13)12-6-8-3-10(4-8)1-2-14-7-10/h8H,1-7H2,(H,12,13). The second kappa shape index (κ2) is 4.07. The lowest BCUT2D eigenvalue weighted by atomic mass is 9.61. The van der Waals surface area contributed by atoms with Crippen molar-refractivity contribution in [3.05, 3.63) is 0 Å². The fourth-order valence-corrected chi connectivity index (χ4v) is 2.68. The Morgan fingerprint density at radius 2 is 2.36 bits per heavy atom. The molecule has 2 aliphatic rings. The Morgan fingerprint density at radius 3 is 2.93 bits per heavy atom. The maximum atomic E-state index is 10.9. The largest absolute Gasteiger partial charge is 0.381 e. The van der Waals surface area contributed by atoms with Crippen LogP contribution in [0.25, 0.3) is 0 Å². The number of alkyl halides is 1. The molecule has 1 aliphatic carbocycles. The van der Waals surface area contributed by atoms with E-state index in [0.29, 0.717) is 11.3 Å². The second-order valence-corrected chi connectivity index (χ2v) is 4.78. The number of hydrogen-bond donors (Lipinski definition) is 1. The summed E-state index contributed by atoms with van der Waals surface area (Å²) in [5, 5.41) is 2.83. The van der Waals surface area contributed by atoms with Crippen LogP contribution in [0.15, 0.2) is 0 Å². The minimum atomic E-state index is -0.0599. The molecule has 80 valence electrons. The van der Waals surface area contributed by atoms with Gasteiger partial charge >= 0.3 is 0 Å². The Balaban J connectivity index is 1.65. The summed E-state index contributed by atoms with van der Waals surface area (Å²) < 4.78 is 5.39. The average molecular weight is 218 g/mol. The second-order valence-electron chi connectivity index (χ2n) is 4.51. The van der Waals surface area contributed by atoms with Crippen molar-refractivity contribution in [1.29, 1.82) is 0 Å². The zero-order valence-corrected chi connectivity index (χ0v) is 8.98. The molecule has 2 fully saturated rings. The molecule has 1 aliphatic heterocycles. The lowest BCUT2D eigenvalue weighted by Crippen LogP contribution is -2.43. The molecular weight excluding hydrogens is 202 g/mol. The molecule has 0 unspecified atom stereocenters. The van der Waals surface area contributed by atoms with Crippen molar-refractivity contribution in [2.24, 2.45) is 11.3 Å². The zero-order valence-electron chi connectivity index (χ0n) is 8.22. The number of nitrogens with one attached hydrogen (secondary N) is 1. The molecule has 0 aromatic carbocycles. The summed E-state index contributed by atoms with van der Waals surface area (Å²) in [5.74, 6) is 0.653. The highest BCUT2D eigenvalue weighted by atomic mass is 35.5. The van der Waals surface area contributed by atoms with Crippen molar-refractivity contribution in [1.82, 2.24) is 5.32 Å². The van der Waals surface area contributed by atoms with Crippen LogP contribution in [0.1, 0.15) is 19.3 Å². The third-order valence-electron chi connectivity index (χ3n) is 3.34. The van der Waals surface area contributed by atoms with E-state index in [9.17, 15) is 4.79 Å². The van der Waals surface area contributed by atoms with Gasteiger partial charge < -0.3 is 10.1 Å². The van der Waals surface area contributed by atoms with E-state index < -0.39 is 0 Å². The highest BCUT2D eigenvalue weighted by molar-refractivity contribution is 6.27. The Kier molecular flexibility index (Phi) is 2.98. The molecule has 0 bridgehead atoms. The summed E-state index contributed by atoms with van der Waals surface area (Å²) in [6, 6.07) is 0. The first-order valence-corrected chi connectivity index (χ1v) is 5.68. The first-order chi connectivity index (χ1) is 6.74. The fraction of sp³-hybridized carbons (Fsp3) is 0.900. The summed E-state index contributed by atoms with van der Waals surface area (Å²) >= 11 is 5.39. The smallest absolute Gasteiger partial charge is 0.234 e. The third-order valence-corrected chi connectivity index (χ3v) is 3.58. The monoisotopic (exact) mass is 217 g/mol. The average Bonchev–Trinajstić information content (AvgIpc) is 2.61. The van der Waals surface area contributed by atoms with Gasteiger partial charge in [0.05, 0.1) is 6.61 Å². The van der Waals surface area contributed by atoms with Crippen LogP contribution in [0.5, 0.6) is 0 Å². The van der Waals surface area contributed by atoms with Crippen molar-refractivity contribution in [2.45, 2.75) is 19.3 Å². The van der Waals surface area contributed by atoms with Crippen LogP contribution in [0.3, 0.4) is 0 Å². The van der Waals surface area contributed by atoms with E-state index in [-0.39, 0.29) is 11.8 Å². The van der Waals surface area contributed by atoms with Gasteiger partial charge in [-0.1, -0.05) is 0 Å². The van der Waals surface area contributed by atoms with Crippen LogP contribution in [0, 0.1) is 11.3 Å². The molecule has 0 aromatic rings. The van der Waals surface area contributed by atoms with E-state index in [1.807, 2.05) is 0 Å². The van der Waals surface area contributed by atoms with Crippen molar-refractivity contribution >= 4 is 17.5 Å². The van der Waals surface area contributed by atoms with Gasteiger partial charge in [-0.25, -0.2) is 0 Å². The van der Waals surface area contributed by atoms with Crippen LogP contribution in [-0.4, -0.2) is 31.5 Å². The minimum absolute atomic E-state index is 0.0599. The number of carbonyl (C=O) groups is 1. The van der Waals surface area contributed by atoms with E-state index in [0.717, 1.165) is 19.8 Å².